The minimum absolute atomic E-state index is 0.221. The highest BCUT2D eigenvalue weighted by Gasteiger charge is 2.06. The maximum Gasteiger partial charge on any atom is 0.343 e. The van der Waals surface area contributed by atoms with Crippen LogP contribution in [0.4, 0.5) is 5.82 Å². The summed E-state index contributed by atoms with van der Waals surface area (Å²) >= 11 is 5.95. The summed E-state index contributed by atoms with van der Waals surface area (Å²) in [5.41, 5.74) is -0.221. The minimum Gasteiger partial charge on any atom is -0.368 e. The molecule has 0 radical (unpaired) electrons. The Morgan fingerprint density at radius 3 is 3.00 bits per heavy atom. The first-order valence-corrected chi connectivity index (χ1v) is 5.79. The van der Waals surface area contributed by atoms with Crippen LogP contribution in [0.2, 0.25) is 5.02 Å². The van der Waals surface area contributed by atoms with E-state index in [-0.39, 0.29) is 5.69 Å². The van der Waals surface area contributed by atoms with E-state index in [1.54, 1.807) is 20.2 Å². The van der Waals surface area contributed by atoms with E-state index in [9.17, 15) is 4.79 Å². The van der Waals surface area contributed by atoms with Gasteiger partial charge in [0.2, 0.25) is 0 Å². The Balaban J connectivity index is 1.98. The molecule has 0 bridgehead atoms. The van der Waals surface area contributed by atoms with Crippen LogP contribution in [0.25, 0.3) is 0 Å². The van der Waals surface area contributed by atoms with Gasteiger partial charge >= 0.3 is 5.69 Å². The third-order valence-electron chi connectivity index (χ3n) is 2.48. The molecule has 0 spiro atoms. The quantitative estimate of drug-likeness (QED) is 0.844. The van der Waals surface area contributed by atoms with E-state index in [4.69, 9.17) is 11.6 Å². The molecule has 0 atom stereocenters. The van der Waals surface area contributed by atoms with Crippen molar-refractivity contribution in [3.63, 3.8) is 0 Å². The minimum atomic E-state index is -0.221. The van der Waals surface area contributed by atoms with Crippen LogP contribution in [0.1, 0.15) is 11.6 Å². The average molecular weight is 269 g/mol. The summed E-state index contributed by atoms with van der Waals surface area (Å²) in [5.74, 6) is 1.91. The van der Waals surface area contributed by atoms with Crippen molar-refractivity contribution >= 4 is 17.4 Å². The zero-order valence-corrected chi connectivity index (χ0v) is 10.8. The molecule has 2 N–H and O–H groups in total. The number of aryl methyl sites for hydroxylation is 1. The Labute approximate surface area is 108 Å². The molecule has 2 aromatic rings. The van der Waals surface area contributed by atoms with Gasteiger partial charge in [-0.2, -0.15) is 5.10 Å². The smallest absolute Gasteiger partial charge is 0.343 e. The van der Waals surface area contributed by atoms with Crippen LogP contribution in [0.5, 0.6) is 0 Å². The first-order valence-electron chi connectivity index (χ1n) is 5.41. The van der Waals surface area contributed by atoms with Gasteiger partial charge in [-0.3, -0.25) is 4.57 Å². The van der Waals surface area contributed by atoms with Gasteiger partial charge in [0, 0.05) is 20.0 Å². The summed E-state index contributed by atoms with van der Waals surface area (Å²) in [5, 5.41) is 9.85. The zero-order chi connectivity index (χ0) is 13.1. The summed E-state index contributed by atoms with van der Waals surface area (Å²) in [7, 11) is 1.67. The van der Waals surface area contributed by atoms with Gasteiger partial charge in [0.15, 0.2) is 0 Å². The molecule has 0 unspecified atom stereocenters. The summed E-state index contributed by atoms with van der Waals surface area (Å²) in [4.78, 5) is 19.3. The lowest BCUT2D eigenvalue weighted by atomic mass is 10.4. The molecule has 18 heavy (non-hydrogen) atoms. The van der Waals surface area contributed by atoms with Crippen molar-refractivity contribution in [1.82, 2.24) is 24.7 Å². The second-order valence-corrected chi connectivity index (χ2v) is 4.20. The predicted molar refractivity (Wildman–Crippen MR) is 67.8 cm³/mol. The Kier molecular flexibility index (Phi) is 3.61. The van der Waals surface area contributed by atoms with Crippen molar-refractivity contribution in [3.05, 3.63) is 33.4 Å². The molecule has 0 amide bonds. The molecule has 8 heteroatoms. The summed E-state index contributed by atoms with van der Waals surface area (Å²) < 4.78 is 1.47. The SMILES string of the molecule is Cc1ncc(Cl)c(NCCc2n[nH]c(=O)n2C)n1. The van der Waals surface area contributed by atoms with Gasteiger partial charge in [-0.15, -0.1) is 0 Å². The third-order valence-corrected chi connectivity index (χ3v) is 2.75. The lowest BCUT2D eigenvalue weighted by Crippen LogP contribution is -2.16. The highest BCUT2D eigenvalue weighted by Crippen LogP contribution is 2.17. The van der Waals surface area contributed by atoms with E-state index < -0.39 is 0 Å². The number of rotatable bonds is 4. The van der Waals surface area contributed by atoms with Crippen LogP contribution in [0.15, 0.2) is 11.0 Å². The second-order valence-electron chi connectivity index (χ2n) is 3.79. The topological polar surface area (TPSA) is 88.5 Å². The number of H-pyrrole nitrogens is 1. The van der Waals surface area contributed by atoms with Crippen LogP contribution in [0.3, 0.4) is 0 Å². The van der Waals surface area contributed by atoms with Gasteiger partial charge in [0.25, 0.3) is 0 Å². The van der Waals surface area contributed by atoms with E-state index in [2.05, 4.69) is 25.5 Å². The van der Waals surface area contributed by atoms with E-state index in [1.165, 1.54) is 4.57 Å². The lowest BCUT2D eigenvalue weighted by molar-refractivity contribution is 0.770. The zero-order valence-electron chi connectivity index (χ0n) is 10.1. The first-order chi connectivity index (χ1) is 8.58. The number of aromatic nitrogens is 5. The van der Waals surface area contributed by atoms with Crippen molar-refractivity contribution in [3.8, 4) is 0 Å². The summed E-state index contributed by atoms with van der Waals surface area (Å²) in [6.07, 6.45) is 2.14. The number of hydrogen-bond acceptors (Lipinski definition) is 5. The monoisotopic (exact) mass is 268 g/mol. The van der Waals surface area contributed by atoms with Gasteiger partial charge < -0.3 is 5.32 Å². The Morgan fingerprint density at radius 2 is 2.33 bits per heavy atom. The molecular formula is C10H13ClN6O. The number of nitrogens with one attached hydrogen (secondary N) is 2. The Bertz CT molecular complexity index is 605. The largest absolute Gasteiger partial charge is 0.368 e. The Hall–Kier alpha value is -1.89. The van der Waals surface area contributed by atoms with Gasteiger partial charge in [0.1, 0.15) is 22.5 Å². The maximum atomic E-state index is 11.2. The number of halogens is 1. The van der Waals surface area contributed by atoms with Gasteiger partial charge in [0.05, 0.1) is 6.20 Å². The van der Waals surface area contributed by atoms with Crippen molar-refractivity contribution in [2.45, 2.75) is 13.3 Å². The molecule has 0 fully saturated rings. The van der Waals surface area contributed by atoms with E-state index in [1.807, 2.05) is 0 Å². The molecule has 0 aliphatic heterocycles. The molecular weight excluding hydrogens is 256 g/mol. The fourth-order valence-corrected chi connectivity index (χ4v) is 1.63. The van der Waals surface area contributed by atoms with Crippen molar-refractivity contribution < 1.29 is 0 Å². The highest BCUT2D eigenvalue weighted by atomic mass is 35.5. The molecule has 2 heterocycles. The van der Waals surface area contributed by atoms with Crippen LogP contribution in [-0.2, 0) is 13.5 Å². The van der Waals surface area contributed by atoms with Crippen LogP contribution < -0.4 is 11.0 Å². The second kappa shape index (κ2) is 5.18. The lowest BCUT2D eigenvalue weighted by Gasteiger charge is -2.07. The molecule has 0 saturated carbocycles. The highest BCUT2D eigenvalue weighted by molar-refractivity contribution is 6.32. The van der Waals surface area contributed by atoms with E-state index >= 15 is 0 Å². The van der Waals surface area contributed by atoms with Crippen LogP contribution in [0, 0.1) is 6.92 Å². The third kappa shape index (κ3) is 2.67. The van der Waals surface area contributed by atoms with E-state index in [0.717, 1.165) is 0 Å². The van der Waals surface area contributed by atoms with E-state index in [0.29, 0.717) is 35.5 Å². The fraction of sp³-hybridized carbons (Fsp3) is 0.400. The number of aromatic amines is 1. The van der Waals surface area contributed by atoms with Crippen molar-refractivity contribution in [2.24, 2.45) is 7.05 Å². The van der Waals surface area contributed by atoms with Gasteiger partial charge in [-0.05, 0) is 6.92 Å². The number of nitrogens with zero attached hydrogens (tertiary/aromatic N) is 4. The van der Waals surface area contributed by atoms with Crippen molar-refractivity contribution in [2.75, 3.05) is 11.9 Å². The van der Waals surface area contributed by atoms with Crippen molar-refractivity contribution in [1.29, 1.82) is 0 Å². The molecule has 0 aliphatic rings. The van der Waals surface area contributed by atoms with Gasteiger partial charge in [-0.1, -0.05) is 11.6 Å². The number of anilines is 1. The average Bonchev–Trinajstić information content (AvgIpc) is 2.65. The molecule has 0 aromatic carbocycles. The van der Waals surface area contributed by atoms with Crippen LogP contribution >= 0.6 is 11.6 Å². The molecule has 0 saturated heterocycles. The standard InChI is InChI=1S/C10H13ClN6O/c1-6-13-5-7(11)9(14-6)12-4-3-8-15-16-10(18)17(8)2/h5H,3-4H2,1-2H3,(H,16,18)(H,12,13,14). The molecule has 0 aliphatic carbocycles. The molecule has 96 valence electrons. The fourth-order valence-electron chi connectivity index (χ4n) is 1.48. The summed E-state index contributed by atoms with van der Waals surface area (Å²) in [6.45, 7) is 2.37. The molecule has 2 aromatic heterocycles. The number of hydrogen-bond donors (Lipinski definition) is 2. The molecule has 7 nitrogen and oxygen atoms in total. The first kappa shape index (κ1) is 12.6. The summed E-state index contributed by atoms with van der Waals surface area (Å²) in [6, 6.07) is 0. The van der Waals surface area contributed by atoms with Gasteiger partial charge in [-0.25, -0.2) is 19.9 Å². The van der Waals surface area contributed by atoms with Crippen LogP contribution in [-0.4, -0.2) is 31.3 Å². The molecule has 2 rings (SSSR count). The predicted octanol–water partition coefficient (Wildman–Crippen LogP) is 0.515. The maximum absolute atomic E-state index is 11.2. The Morgan fingerprint density at radius 1 is 1.56 bits per heavy atom. The normalized spacial score (nSPS) is 10.6.